The van der Waals surface area contributed by atoms with Crippen LogP contribution in [0.1, 0.15) is 23.7 Å². The van der Waals surface area contributed by atoms with Gasteiger partial charge in [-0.2, -0.15) is 4.98 Å². The average molecular weight is 414 g/mol. The van der Waals surface area contributed by atoms with Crippen LogP contribution in [0.2, 0.25) is 5.02 Å². The Morgan fingerprint density at radius 2 is 1.93 bits per heavy atom. The predicted octanol–water partition coefficient (Wildman–Crippen LogP) is 3.92. The summed E-state index contributed by atoms with van der Waals surface area (Å²) in [6.45, 7) is 1.04. The molecule has 0 N–H and O–H groups in total. The van der Waals surface area contributed by atoms with E-state index in [2.05, 4.69) is 10.1 Å². The van der Waals surface area contributed by atoms with Gasteiger partial charge in [-0.3, -0.25) is 4.79 Å². The Bertz CT molecular complexity index is 1010. The van der Waals surface area contributed by atoms with E-state index in [0.717, 1.165) is 5.56 Å². The first-order valence-electron chi connectivity index (χ1n) is 9.15. The van der Waals surface area contributed by atoms with Crippen molar-refractivity contribution in [2.75, 3.05) is 20.8 Å². The number of halogens is 1. The summed E-state index contributed by atoms with van der Waals surface area (Å²) in [4.78, 5) is 18.8. The van der Waals surface area contributed by atoms with Crippen molar-refractivity contribution in [2.45, 2.75) is 18.9 Å². The molecule has 1 fully saturated rings. The summed E-state index contributed by atoms with van der Waals surface area (Å²) in [5, 5.41) is 4.76. The molecule has 1 atom stereocenters. The lowest BCUT2D eigenvalue weighted by Gasteiger charge is -2.16. The highest BCUT2D eigenvalue weighted by molar-refractivity contribution is 6.30. The van der Waals surface area contributed by atoms with Gasteiger partial charge in [-0.1, -0.05) is 28.9 Å². The zero-order chi connectivity index (χ0) is 20.4. The van der Waals surface area contributed by atoms with Crippen LogP contribution >= 0.6 is 11.6 Å². The van der Waals surface area contributed by atoms with E-state index < -0.39 is 0 Å². The largest absolute Gasteiger partial charge is 0.497 e. The van der Waals surface area contributed by atoms with E-state index in [1.54, 1.807) is 37.3 Å². The lowest BCUT2D eigenvalue weighted by molar-refractivity contribution is -0.128. The van der Waals surface area contributed by atoms with Crippen molar-refractivity contribution in [3.63, 3.8) is 0 Å². The van der Waals surface area contributed by atoms with Gasteiger partial charge in [-0.15, -0.1) is 0 Å². The van der Waals surface area contributed by atoms with Gasteiger partial charge in [-0.25, -0.2) is 0 Å². The van der Waals surface area contributed by atoms with E-state index in [0.29, 0.717) is 53.3 Å². The van der Waals surface area contributed by atoms with Crippen LogP contribution in [0.15, 0.2) is 47.0 Å². The van der Waals surface area contributed by atoms with Crippen molar-refractivity contribution in [3.05, 3.63) is 58.9 Å². The van der Waals surface area contributed by atoms with E-state index in [1.807, 2.05) is 24.3 Å². The number of rotatable bonds is 6. The lowest BCUT2D eigenvalue weighted by Crippen LogP contribution is -2.24. The number of methoxy groups -OCH3 is 2. The fourth-order valence-electron chi connectivity index (χ4n) is 3.40. The average Bonchev–Trinajstić information content (AvgIpc) is 3.35. The summed E-state index contributed by atoms with van der Waals surface area (Å²) in [5.41, 5.74) is 1.68. The van der Waals surface area contributed by atoms with Crippen molar-refractivity contribution in [2.24, 2.45) is 0 Å². The molecule has 4 rings (SSSR count). The van der Waals surface area contributed by atoms with E-state index in [-0.39, 0.29) is 11.8 Å². The fourth-order valence-corrected chi connectivity index (χ4v) is 3.62. The smallest absolute Gasteiger partial charge is 0.258 e. The van der Waals surface area contributed by atoms with E-state index >= 15 is 0 Å². The molecule has 7 nitrogen and oxygen atoms in total. The summed E-state index contributed by atoms with van der Waals surface area (Å²) in [6.07, 6.45) is 0.348. The monoisotopic (exact) mass is 413 g/mol. The van der Waals surface area contributed by atoms with Crippen LogP contribution in [0.4, 0.5) is 0 Å². The van der Waals surface area contributed by atoms with Gasteiger partial charge in [0.1, 0.15) is 11.5 Å². The minimum Gasteiger partial charge on any atom is -0.497 e. The quantitative estimate of drug-likeness (QED) is 0.609. The number of hydrogen-bond acceptors (Lipinski definition) is 6. The molecular formula is C21H20ClN3O4. The molecule has 29 heavy (non-hydrogen) atoms. The van der Waals surface area contributed by atoms with E-state index in [1.165, 1.54) is 0 Å². The summed E-state index contributed by atoms with van der Waals surface area (Å²) in [6, 6.07) is 12.9. The van der Waals surface area contributed by atoms with Gasteiger partial charge in [0.25, 0.3) is 5.89 Å². The normalized spacial score (nSPS) is 16.3. The third-order valence-electron chi connectivity index (χ3n) is 4.88. The Kier molecular flexibility index (Phi) is 5.40. The molecule has 0 radical (unpaired) electrons. The standard InChI is InChI=1S/C21H20ClN3O4/c1-27-17-7-14(8-18(10-17)28-2)21-23-20(24-29-21)15-9-19(26)25(12-15)11-13-4-3-5-16(22)6-13/h3-8,10,15H,9,11-12H2,1-2H3. The molecular weight excluding hydrogens is 394 g/mol. The zero-order valence-corrected chi connectivity index (χ0v) is 16.8. The first kappa shape index (κ1) is 19.3. The van der Waals surface area contributed by atoms with Crippen LogP contribution in [0.25, 0.3) is 11.5 Å². The number of carbonyl (C=O) groups is 1. The molecule has 1 saturated heterocycles. The van der Waals surface area contributed by atoms with Gasteiger partial charge in [0.05, 0.1) is 14.2 Å². The summed E-state index contributed by atoms with van der Waals surface area (Å²) in [5.74, 6) is 2.07. The highest BCUT2D eigenvalue weighted by Crippen LogP contribution is 2.32. The highest BCUT2D eigenvalue weighted by atomic mass is 35.5. The van der Waals surface area contributed by atoms with Crippen molar-refractivity contribution >= 4 is 17.5 Å². The first-order chi connectivity index (χ1) is 14.1. The van der Waals surface area contributed by atoms with Crippen molar-refractivity contribution in [3.8, 4) is 23.0 Å². The summed E-state index contributed by atoms with van der Waals surface area (Å²) >= 11 is 6.04. The minimum atomic E-state index is -0.119. The first-order valence-corrected chi connectivity index (χ1v) is 9.53. The number of benzene rings is 2. The lowest BCUT2D eigenvalue weighted by atomic mass is 10.1. The van der Waals surface area contributed by atoms with Gasteiger partial charge in [0.2, 0.25) is 5.91 Å². The minimum absolute atomic E-state index is 0.0596. The van der Waals surface area contributed by atoms with Crippen LogP contribution in [-0.4, -0.2) is 41.7 Å². The molecule has 0 bridgehead atoms. The maximum atomic E-state index is 12.5. The molecule has 0 spiro atoms. The molecule has 8 heteroatoms. The third-order valence-corrected chi connectivity index (χ3v) is 5.12. The second-order valence-electron chi connectivity index (χ2n) is 6.86. The molecule has 3 aromatic rings. The topological polar surface area (TPSA) is 77.7 Å². The number of carbonyl (C=O) groups excluding carboxylic acids is 1. The number of ether oxygens (including phenoxy) is 2. The predicted molar refractivity (Wildman–Crippen MR) is 107 cm³/mol. The molecule has 0 saturated carbocycles. The van der Waals surface area contributed by atoms with Crippen LogP contribution in [-0.2, 0) is 11.3 Å². The van der Waals surface area contributed by atoms with Gasteiger partial charge in [0, 0.05) is 42.1 Å². The maximum Gasteiger partial charge on any atom is 0.258 e. The number of likely N-dealkylation sites (tertiary alicyclic amines) is 1. The Morgan fingerprint density at radius 3 is 2.62 bits per heavy atom. The van der Waals surface area contributed by atoms with Gasteiger partial charge in [0.15, 0.2) is 5.82 Å². The van der Waals surface area contributed by atoms with Crippen LogP contribution in [0, 0.1) is 0 Å². The molecule has 1 aromatic heterocycles. The van der Waals surface area contributed by atoms with Gasteiger partial charge >= 0.3 is 0 Å². The Labute approximate surface area is 173 Å². The second kappa shape index (κ2) is 8.13. The molecule has 150 valence electrons. The SMILES string of the molecule is COc1cc(OC)cc(-c2nc(C3CC(=O)N(Cc4cccc(Cl)c4)C3)no2)c1. The van der Waals surface area contributed by atoms with Crippen LogP contribution < -0.4 is 9.47 Å². The molecule has 1 aliphatic rings. The Balaban J connectivity index is 1.51. The zero-order valence-electron chi connectivity index (χ0n) is 16.1. The molecule has 1 unspecified atom stereocenters. The summed E-state index contributed by atoms with van der Waals surface area (Å²) in [7, 11) is 3.16. The Morgan fingerprint density at radius 1 is 1.17 bits per heavy atom. The fraction of sp³-hybridized carbons (Fsp3) is 0.286. The molecule has 0 aliphatic carbocycles. The van der Waals surface area contributed by atoms with E-state index in [9.17, 15) is 4.79 Å². The van der Waals surface area contributed by atoms with Crippen molar-refractivity contribution < 1.29 is 18.8 Å². The number of hydrogen-bond donors (Lipinski definition) is 0. The Hall–Kier alpha value is -3.06. The number of nitrogens with zero attached hydrogens (tertiary/aromatic N) is 3. The second-order valence-corrected chi connectivity index (χ2v) is 7.30. The van der Waals surface area contributed by atoms with Crippen molar-refractivity contribution in [1.82, 2.24) is 15.0 Å². The van der Waals surface area contributed by atoms with Crippen LogP contribution in [0.5, 0.6) is 11.5 Å². The highest BCUT2D eigenvalue weighted by Gasteiger charge is 2.33. The van der Waals surface area contributed by atoms with Gasteiger partial charge in [-0.05, 0) is 29.8 Å². The molecule has 1 amide bonds. The molecule has 2 aromatic carbocycles. The van der Waals surface area contributed by atoms with Crippen molar-refractivity contribution in [1.29, 1.82) is 0 Å². The van der Waals surface area contributed by atoms with Crippen LogP contribution in [0.3, 0.4) is 0 Å². The number of amides is 1. The number of aromatic nitrogens is 2. The summed E-state index contributed by atoms with van der Waals surface area (Å²) < 4.78 is 16.0. The molecule has 1 aliphatic heterocycles. The maximum absolute atomic E-state index is 12.5. The molecule has 2 heterocycles. The van der Waals surface area contributed by atoms with E-state index in [4.69, 9.17) is 25.6 Å². The van der Waals surface area contributed by atoms with Gasteiger partial charge < -0.3 is 18.9 Å². The third kappa shape index (κ3) is 4.19.